The molecule has 0 saturated heterocycles. The molecule has 288 valence electrons. The average molecular weight is 780 g/mol. The highest BCUT2D eigenvalue weighted by Gasteiger charge is 2.35. The van der Waals surface area contributed by atoms with E-state index in [9.17, 15) is 0 Å². The molecule has 0 saturated carbocycles. The highest BCUT2D eigenvalue weighted by molar-refractivity contribution is 6.12. The lowest BCUT2D eigenvalue weighted by Crippen LogP contribution is -2.14. The van der Waals surface area contributed by atoms with Gasteiger partial charge in [0.15, 0.2) is 0 Å². The standard InChI is InChI=1S/C59H41NO/c1-59(2)55-25-7-5-19-51(55)54-37-40(30-34-56(54)59)38-27-31-43(32-28-38)60(45-17-10-15-42(36-45)48-22-12-24-53-52-20-6-8-26-57(52)61-58(48)53)44-16-9-14-41(35-44)47-21-11-23-49-46-18-4-3-13-39(46)29-33-50(47)49/h3-37H,1-2H3. The van der Waals surface area contributed by atoms with Crippen LogP contribution >= 0.6 is 0 Å². The van der Waals surface area contributed by atoms with E-state index >= 15 is 0 Å². The molecule has 0 aliphatic heterocycles. The first-order valence-corrected chi connectivity index (χ1v) is 21.2. The Bertz CT molecular complexity index is 3520. The van der Waals surface area contributed by atoms with Gasteiger partial charge in [0.05, 0.1) is 0 Å². The molecule has 0 spiro atoms. The molecule has 1 aliphatic rings. The lowest BCUT2D eigenvalue weighted by atomic mass is 9.82. The zero-order chi connectivity index (χ0) is 40.7. The Labute approximate surface area is 355 Å². The van der Waals surface area contributed by atoms with Crippen molar-refractivity contribution in [2.24, 2.45) is 0 Å². The van der Waals surface area contributed by atoms with Crippen LogP contribution in [0.2, 0.25) is 0 Å². The van der Waals surface area contributed by atoms with E-state index in [-0.39, 0.29) is 5.41 Å². The maximum absolute atomic E-state index is 6.53. The number of rotatable bonds is 6. The molecule has 61 heavy (non-hydrogen) atoms. The van der Waals surface area contributed by atoms with Gasteiger partial charge in [-0.05, 0) is 120 Å². The second-order valence-electron chi connectivity index (χ2n) is 16.9. The van der Waals surface area contributed by atoms with Gasteiger partial charge in [0.2, 0.25) is 0 Å². The quantitative estimate of drug-likeness (QED) is 0.156. The minimum absolute atomic E-state index is 0.0202. The zero-order valence-electron chi connectivity index (χ0n) is 34.1. The third kappa shape index (κ3) is 5.64. The molecule has 11 aromatic rings. The van der Waals surface area contributed by atoms with Crippen LogP contribution in [0.3, 0.4) is 0 Å². The van der Waals surface area contributed by atoms with E-state index in [0.29, 0.717) is 0 Å². The van der Waals surface area contributed by atoms with Gasteiger partial charge in [-0.25, -0.2) is 0 Å². The Hall–Kier alpha value is -7.68. The number of anilines is 3. The fourth-order valence-corrected chi connectivity index (χ4v) is 10.0. The van der Waals surface area contributed by atoms with Gasteiger partial charge in [-0.1, -0.05) is 178 Å². The summed E-state index contributed by atoms with van der Waals surface area (Å²) in [6, 6.07) is 77.4. The summed E-state index contributed by atoms with van der Waals surface area (Å²) in [5, 5.41) is 7.29. The van der Waals surface area contributed by atoms with Crippen LogP contribution in [-0.4, -0.2) is 0 Å². The lowest BCUT2D eigenvalue weighted by Gasteiger charge is -2.27. The fraction of sp³-hybridized carbons (Fsp3) is 0.0508. The number of hydrogen-bond acceptors (Lipinski definition) is 2. The highest BCUT2D eigenvalue weighted by atomic mass is 16.3. The smallest absolute Gasteiger partial charge is 0.143 e. The number of furan rings is 1. The van der Waals surface area contributed by atoms with E-state index in [1.54, 1.807) is 0 Å². The minimum atomic E-state index is -0.0202. The van der Waals surface area contributed by atoms with Crippen molar-refractivity contribution in [2.45, 2.75) is 19.3 Å². The van der Waals surface area contributed by atoms with Gasteiger partial charge in [-0.2, -0.15) is 0 Å². The Morgan fingerprint density at radius 3 is 1.77 bits per heavy atom. The monoisotopic (exact) mass is 779 g/mol. The Morgan fingerprint density at radius 2 is 0.951 bits per heavy atom. The molecule has 1 heterocycles. The molecular formula is C59H41NO. The molecule has 2 nitrogen and oxygen atoms in total. The first-order valence-electron chi connectivity index (χ1n) is 21.2. The van der Waals surface area contributed by atoms with E-state index in [0.717, 1.165) is 50.1 Å². The van der Waals surface area contributed by atoms with Crippen LogP contribution in [0.4, 0.5) is 17.1 Å². The van der Waals surface area contributed by atoms with Crippen molar-refractivity contribution < 1.29 is 4.42 Å². The molecule has 10 aromatic carbocycles. The van der Waals surface area contributed by atoms with Crippen LogP contribution in [0, 0.1) is 0 Å². The first-order chi connectivity index (χ1) is 30.0. The van der Waals surface area contributed by atoms with Crippen LogP contribution in [0.15, 0.2) is 217 Å². The van der Waals surface area contributed by atoms with E-state index in [1.807, 2.05) is 6.07 Å². The van der Waals surface area contributed by atoms with Gasteiger partial charge in [0.1, 0.15) is 11.2 Å². The summed E-state index contributed by atoms with van der Waals surface area (Å²) in [7, 11) is 0. The van der Waals surface area contributed by atoms with Gasteiger partial charge in [0.25, 0.3) is 0 Å². The first kappa shape index (κ1) is 35.3. The van der Waals surface area contributed by atoms with Crippen LogP contribution in [-0.2, 0) is 5.41 Å². The molecule has 0 radical (unpaired) electrons. The van der Waals surface area contributed by atoms with Gasteiger partial charge in [-0.3, -0.25) is 0 Å². The van der Waals surface area contributed by atoms with Gasteiger partial charge < -0.3 is 9.32 Å². The molecular weight excluding hydrogens is 739 g/mol. The normalized spacial score (nSPS) is 12.9. The predicted octanol–water partition coefficient (Wildman–Crippen LogP) is 16.7. The molecule has 0 amide bonds. The van der Waals surface area contributed by atoms with Crippen LogP contribution in [0.25, 0.3) is 88.0 Å². The number of para-hydroxylation sites is 2. The van der Waals surface area contributed by atoms with Crippen molar-refractivity contribution in [3.05, 3.63) is 223 Å². The summed E-state index contributed by atoms with van der Waals surface area (Å²) in [5.41, 5.74) is 17.4. The number of nitrogens with zero attached hydrogens (tertiary/aromatic N) is 1. The van der Waals surface area contributed by atoms with Crippen molar-refractivity contribution in [3.63, 3.8) is 0 Å². The van der Waals surface area contributed by atoms with Gasteiger partial charge in [-0.15, -0.1) is 0 Å². The number of fused-ring (bicyclic) bond motifs is 9. The largest absolute Gasteiger partial charge is 0.455 e. The molecule has 1 aromatic heterocycles. The summed E-state index contributed by atoms with van der Waals surface area (Å²) in [6.07, 6.45) is 0. The van der Waals surface area contributed by atoms with E-state index in [2.05, 4.69) is 225 Å². The van der Waals surface area contributed by atoms with E-state index in [1.165, 1.54) is 66.1 Å². The van der Waals surface area contributed by atoms with Crippen molar-refractivity contribution in [3.8, 4) is 44.5 Å². The van der Waals surface area contributed by atoms with Crippen LogP contribution in [0.1, 0.15) is 25.0 Å². The van der Waals surface area contributed by atoms with E-state index in [4.69, 9.17) is 4.42 Å². The molecule has 12 rings (SSSR count). The number of hydrogen-bond donors (Lipinski definition) is 0. The predicted molar refractivity (Wildman–Crippen MR) is 257 cm³/mol. The summed E-state index contributed by atoms with van der Waals surface area (Å²) in [4.78, 5) is 2.39. The molecule has 2 heteroatoms. The maximum Gasteiger partial charge on any atom is 0.143 e. The highest BCUT2D eigenvalue weighted by Crippen LogP contribution is 2.50. The Balaban J connectivity index is 0.996. The second kappa shape index (κ2) is 13.7. The Kier molecular flexibility index (Phi) is 7.92. The zero-order valence-corrected chi connectivity index (χ0v) is 34.1. The minimum Gasteiger partial charge on any atom is -0.455 e. The van der Waals surface area contributed by atoms with Crippen LogP contribution < -0.4 is 4.90 Å². The molecule has 1 aliphatic carbocycles. The molecule has 0 unspecified atom stereocenters. The number of benzene rings is 10. The summed E-state index contributed by atoms with van der Waals surface area (Å²) < 4.78 is 6.53. The van der Waals surface area contributed by atoms with Crippen molar-refractivity contribution in [1.82, 2.24) is 0 Å². The lowest BCUT2D eigenvalue weighted by molar-refractivity contribution is 0.660. The average Bonchev–Trinajstić information content (AvgIpc) is 3.81. The summed E-state index contributed by atoms with van der Waals surface area (Å²) in [6.45, 7) is 4.67. The third-order valence-corrected chi connectivity index (χ3v) is 13.1. The third-order valence-electron chi connectivity index (χ3n) is 13.1. The SMILES string of the molecule is CC1(C)c2ccccc2-c2cc(-c3ccc(N(c4cccc(-c5cccc6c5ccc5ccccc56)c4)c4cccc(-c5cccc6c5oc5ccccc56)c4)cc3)ccc21. The fourth-order valence-electron chi connectivity index (χ4n) is 10.0. The molecule has 0 bridgehead atoms. The molecule has 0 atom stereocenters. The second-order valence-corrected chi connectivity index (χ2v) is 16.9. The van der Waals surface area contributed by atoms with Crippen molar-refractivity contribution in [2.75, 3.05) is 4.90 Å². The van der Waals surface area contributed by atoms with Gasteiger partial charge in [0, 0.05) is 38.8 Å². The molecule has 0 fully saturated rings. The molecule has 0 N–H and O–H groups in total. The summed E-state index contributed by atoms with van der Waals surface area (Å²) in [5.74, 6) is 0. The Morgan fingerprint density at radius 1 is 0.344 bits per heavy atom. The summed E-state index contributed by atoms with van der Waals surface area (Å²) >= 11 is 0. The van der Waals surface area contributed by atoms with Crippen molar-refractivity contribution >= 4 is 60.5 Å². The maximum atomic E-state index is 6.53. The van der Waals surface area contributed by atoms with Crippen molar-refractivity contribution in [1.29, 1.82) is 0 Å². The van der Waals surface area contributed by atoms with E-state index < -0.39 is 0 Å². The van der Waals surface area contributed by atoms with Gasteiger partial charge >= 0.3 is 0 Å². The van der Waals surface area contributed by atoms with Crippen LogP contribution in [0.5, 0.6) is 0 Å². The topological polar surface area (TPSA) is 16.4 Å².